The number of hydrogen-bond acceptors (Lipinski definition) is 5. The molecular weight excluding hydrogens is 317 g/mol. The van der Waals surface area contributed by atoms with Crippen molar-refractivity contribution in [3.05, 3.63) is 47.2 Å². The molecule has 24 heavy (non-hydrogen) atoms. The van der Waals surface area contributed by atoms with Gasteiger partial charge in [0.2, 0.25) is 5.91 Å². The molecule has 0 radical (unpaired) electrons. The van der Waals surface area contributed by atoms with Gasteiger partial charge in [-0.25, -0.2) is 9.07 Å². The van der Waals surface area contributed by atoms with E-state index in [1.807, 2.05) is 0 Å². The Morgan fingerprint density at radius 2 is 2.21 bits per heavy atom. The highest BCUT2D eigenvalue weighted by molar-refractivity contribution is 5.92. The van der Waals surface area contributed by atoms with Crippen LogP contribution in [0.25, 0.3) is 11.0 Å². The zero-order valence-corrected chi connectivity index (χ0v) is 12.7. The molecule has 8 nitrogen and oxygen atoms in total. The van der Waals surface area contributed by atoms with Gasteiger partial charge in [-0.3, -0.25) is 9.59 Å². The maximum absolute atomic E-state index is 13.3. The molecule has 0 saturated carbocycles. The summed E-state index contributed by atoms with van der Waals surface area (Å²) in [6.07, 6.45) is 1.32. The number of hydrogen-bond donors (Lipinski definition) is 2. The fourth-order valence-corrected chi connectivity index (χ4v) is 2.30. The SMILES string of the molecule is Cc1c(CNC(=O)c2cn(CC(N)=O)nn2)oc2ccc(F)cc12. The van der Waals surface area contributed by atoms with Crippen molar-refractivity contribution in [2.24, 2.45) is 5.73 Å². The molecule has 0 aliphatic rings. The molecule has 9 heteroatoms. The van der Waals surface area contributed by atoms with E-state index in [9.17, 15) is 14.0 Å². The number of aryl methyl sites for hydroxylation is 1. The molecule has 2 heterocycles. The van der Waals surface area contributed by atoms with E-state index in [4.69, 9.17) is 10.2 Å². The van der Waals surface area contributed by atoms with Gasteiger partial charge in [-0.1, -0.05) is 5.21 Å². The molecule has 1 aromatic carbocycles. The summed E-state index contributed by atoms with van der Waals surface area (Å²) in [5.41, 5.74) is 6.39. The molecule has 2 amide bonds. The van der Waals surface area contributed by atoms with Gasteiger partial charge in [0.15, 0.2) is 5.69 Å². The van der Waals surface area contributed by atoms with E-state index >= 15 is 0 Å². The van der Waals surface area contributed by atoms with Gasteiger partial charge in [0.05, 0.1) is 12.7 Å². The van der Waals surface area contributed by atoms with Gasteiger partial charge in [-0.15, -0.1) is 5.10 Å². The highest BCUT2D eigenvalue weighted by Crippen LogP contribution is 2.25. The number of primary amides is 1. The number of amides is 2. The lowest BCUT2D eigenvalue weighted by atomic mass is 10.1. The van der Waals surface area contributed by atoms with Crippen molar-refractivity contribution < 1.29 is 18.4 Å². The van der Waals surface area contributed by atoms with Crippen molar-refractivity contribution in [3.8, 4) is 0 Å². The Balaban J connectivity index is 1.71. The number of nitrogens with two attached hydrogens (primary N) is 1. The van der Waals surface area contributed by atoms with Crippen molar-refractivity contribution in [1.82, 2.24) is 20.3 Å². The first-order valence-electron chi connectivity index (χ1n) is 7.08. The first-order valence-corrected chi connectivity index (χ1v) is 7.08. The monoisotopic (exact) mass is 331 g/mol. The van der Waals surface area contributed by atoms with Crippen LogP contribution < -0.4 is 11.1 Å². The van der Waals surface area contributed by atoms with Crippen LogP contribution in [0.15, 0.2) is 28.8 Å². The van der Waals surface area contributed by atoms with Crippen LogP contribution >= 0.6 is 0 Å². The van der Waals surface area contributed by atoms with Gasteiger partial charge in [-0.2, -0.15) is 0 Å². The predicted molar refractivity (Wildman–Crippen MR) is 81.3 cm³/mol. The summed E-state index contributed by atoms with van der Waals surface area (Å²) in [6.45, 7) is 1.74. The number of benzene rings is 1. The zero-order valence-electron chi connectivity index (χ0n) is 12.7. The predicted octanol–water partition coefficient (Wildman–Crippen LogP) is 0.887. The summed E-state index contributed by atoms with van der Waals surface area (Å²) in [4.78, 5) is 22.9. The summed E-state index contributed by atoms with van der Waals surface area (Å²) in [5, 5.41) is 10.6. The van der Waals surface area contributed by atoms with Crippen LogP contribution in [0.1, 0.15) is 21.8 Å². The average molecular weight is 331 g/mol. The molecule has 2 aromatic heterocycles. The topological polar surface area (TPSA) is 116 Å². The van der Waals surface area contributed by atoms with E-state index < -0.39 is 11.8 Å². The van der Waals surface area contributed by atoms with Gasteiger partial charge >= 0.3 is 0 Å². The minimum Gasteiger partial charge on any atom is -0.459 e. The third-order valence-corrected chi connectivity index (χ3v) is 3.50. The number of nitrogens with zero attached hydrogens (tertiary/aromatic N) is 3. The highest BCUT2D eigenvalue weighted by Gasteiger charge is 2.15. The summed E-state index contributed by atoms with van der Waals surface area (Å²) in [7, 11) is 0. The van der Waals surface area contributed by atoms with Crippen LogP contribution in [-0.4, -0.2) is 26.8 Å². The summed E-state index contributed by atoms with van der Waals surface area (Å²) in [5.74, 6) is -0.893. The Hall–Kier alpha value is -3.23. The van der Waals surface area contributed by atoms with Crippen LogP contribution in [0.2, 0.25) is 0 Å². The van der Waals surface area contributed by atoms with Crippen molar-refractivity contribution in [3.63, 3.8) is 0 Å². The number of halogens is 1. The Morgan fingerprint density at radius 1 is 1.42 bits per heavy atom. The Bertz CT molecular complexity index is 930. The van der Waals surface area contributed by atoms with Crippen LogP contribution in [0, 0.1) is 12.7 Å². The van der Waals surface area contributed by atoms with Crippen LogP contribution in [0.5, 0.6) is 0 Å². The van der Waals surface area contributed by atoms with E-state index in [0.29, 0.717) is 16.7 Å². The third kappa shape index (κ3) is 3.09. The first-order chi connectivity index (χ1) is 11.4. The van der Waals surface area contributed by atoms with E-state index in [1.165, 1.54) is 23.0 Å². The number of carbonyl (C=O) groups is 2. The fraction of sp³-hybridized carbons (Fsp3) is 0.200. The van der Waals surface area contributed by atoms with Crippen molar-refractivity contribution in [2.75, 3.05) is 0 Å². The quantitative estimate of drug-likeness (QED) is 0.720. The normalized spacial score (nSPS) is 10.9. The number of fused-ring (bicyclic) bond motifs is 1. The van der Waals surface area contributed by atoms with Gasteiger partial charge in [0, 0.05) is 10.9 Å². The molecule has 3 N–H and O–H groups in total. The van der Waals surface area contributed by atoms with E-state index in [1.54, 1.807) is 13.0 Å². The van der Waals surface area contributed by atoms with Crippen LogP contribution in [0.3, 0.4) is 0 Å². The Kier molecular flexibility index (Phi) is 3.98. The first kappa shape index (κ1) is 15.7. The Labute approximate surface area is 135 Å². The minimum absolute atomic E-state index is 0.0519. The molecule has 3 rings (SSSR count). The molecule has 0 spiro atoms. The standard InChI is InChI=1S/C15H14FN5O3/c1-8-10-4-9(16)2-3-12(10)24-13(8)5-18-15(23)11-6-21(20-19-11)7-14(17)22/h2-4,6H,5,7H2,1H3,(H2,17,22)(H,18,23). The average Bonchev–Trinajstić information content (AvgIpc) is 3.10. The molecule has 0 saturated heterocycles. The number of carbonyl (C=O) groups excluding carboxylic acids is 2. The molecular formula is C15H14FN5O3. The van der Waals surface area contributed by atoms with Crippen LogP contribution in [0.4, 0.5) is 4.39 Å². The largest absolute Gasteiger partial charge is 0.459 e. The smallest absolute Gasteiger partial charge is 0.273 e. The Morgan fingerprint density at radius 3 is 2.96 bits per heavy atom. The number of rotatable bonds is 5. The molecule has 0 bridgehead atoms. The fourth-order valence-electron chi connectivity index (χ4n) is 2.30. The molecule has 0 aliphatic carbocycles. The summed E-state index contributed by atoms with van der Waals surface area (Å²) in [6, 6.07) is 4.23. The molecule has 0 aliphatic heterocycles. The maximum Gasteiger partial charge on any atom is 0.273 e. The molecule has 0 atom stereocenters. The number of aromatic nitrogens is 3. The maximum atomic E-state index is 13.3. The van der Waals surface area contributed by atoms with Gasteiger partial charge in [0.25, 0.3) is 5.91 Å². The van der Waals surface area contributed by atoms with E-state index in [-0.39, 0.29) is 24.6 Å². The van der Waals surface area contributed by atoms with Gasteiger partial charge < -0.3 is 15.5 Å². The minimum atomic E-state index is -0.586. The molecule has 3 aromatic rings. The van der Waals surface area contributed by atoms with Crippen molar-refractivity contribution in [2.45, 2.75) is 20.0 Å². The van der Waals surface area contributed by atoms with Gasteiger partial charge in [0.1, 0.15) is 23.7 Å². The molecule has 0 fully saturated rings. The zero-order chi connectivity index (χ0) is 17.3. The van der Waals surface area contributed by atoms with E-state index in [0.717, 1.165) is 5.56 Å². The summed E-state index contributed by atoms with van der Waals surface area (Å²) < 4.78 is 20.1. The molecule has 0 unspecified atom stereocenters. The highest BCUT2D eigenvalue weighted by atomic mass is 19.1. The van der Waals surface area contributed by atoms with Gasteiger partial charge in [-0.05, 0) is 25.1 Å². The van der Waals surface area contributed by atoms with Crippen LogP contribution in [-0.2, 0) is 17.9 Å². The lowest BCUT2D eigenvalue weighted by Gasteiger charge is -2.01. The van der Waals surface area contributed by atoms with Crippen molar-refractivity contribution in [1.29, 1.82) is 0 Å². The lowest BCUT2D eigenvalue weighted by Crippen LogP contribution is -2.23. The lowest BCUT2D eigenvalue weighted by molar-refractivity contribution is -0.118. The number of nitrogens with one attached hydrogen (secondary N) is 1. The van der Waals surface area contributed by atoms with Crippen molar-refractivity contribution >= 4 is 22.8 Å². The molecule has 124 valence electrons. The number of furan rings is 1. The second kappa shape index (κ2) is 6.11. The van der Waals surface area contributed by atoms with E-state index in [2.05, 4.69) is 15.6 Å². The third-order valence-electron chi connectivity index (χ3n) is 3.50. The second-order valence-electron chi connectivity index (χ2n) is 5.24. The summed E-state index contributed by atoms with van der Waals surface area (Å²) >= 11 is 0. The second-order valence-corrected chi connectivity index (χ2v) is 5.24.